The van der Waals surface area contributed by atoms with E-state index in [2.05, 4.69) is 47.1 Å². The number of nitrogens with zero attached hydrogens (tertiary/aromatic N) is 3. The van der Waals surface area contributed by atoms with Crippen LogP contribution in [0, 0.1) is 13.0 Å². The van der Waals surface area contributed by atoms with E-state index in [9.17, 15) is 0 Å². The number of aromatic nitrogens is 1. The summed E-state index contributed by atoms with van der Waals surface area (Å²) in [5.74, 6) is 0. The van der Waals surface area contributed by atoms with Gasteiger partial charge in [0.2, 0.25) is 0 Å². The molecular weight excluding hydrogens is 338 g/mol. The van der Waals surface area contributed by atoms with E-state index < -0.39 is 0 Å². The quantitative estimate of drug-likeness (QED) is 0.694. The molecule has 1 aliphatic heterocycles. The van der Waals surface area contributed by atoms with E-state index in [1.807, 2.05) is 12.1 Å². The van der Waals surface area contributed by atoms with Crippen LogP contribution in [0.3, 0.4) is 0 Å². The highest BCUT2D eigenvalue weighted by atomic mass is 35.5. The molecule has 1 fully saturated rings. The summed E-state index contributed by atoms with van der Waals surface area (Å²) in [6.45, 7) is 7.05. The minimum atomic E-state index is 0.814. The van der Waals surface area contributed by atoms with E-state index in [1.54, 1.807) is 11.3 Å². The summed E-state index contributed by atoms with van der Waals surface area (Å²) in [5.41, 5.74) is 3.44. The van der Waals surface area contributed by atoms with Gasteiger partial charge in [0.1, 0.15) is 0 Å². The molecule has 4 rings (SSSR count). The molecule has 5 heteroatoms. The van der Waals surface area contributed by atoms with E-state index in [4.69, 9.17) is 16.6 Å². The van der Waals surface area contributed by atoms with Gasteiger partial charge in [-0.1, -0.05) is 41.1 Å². The number of para-hydroxylation sites is 1. The van der Waals surface area contributed by atoms with Crippen LogP contribution in [0.4, 0.5) is 5.13 Å². The fourth-order valence-corrected chi connectivity index (χ4v) is 4.28. The van der Waals surface area contributed by atoms with E-state index in [0.717, 1.165) is 54.0 Å². The minimum absolute atomic E-state index is 0.814. The van der Waals surface area contributed by atoms with Gasteiger partial charge in [0.05, 0.1) is 10.2 Å². The number of halogens is 1. The maximum atomic E-state index is 6.31. The first-order chi connectivity index (χ1) is 11.7. The van der Waals surface area contributed by atoms with Gasteiger partial charge >= 0.3 is 0 Å². The van der Waals surface area contributed by atoms with Gasteiger partial charge in [0, 0.05) is 37.7 Å². The first kappa shape index (κ1) is 15.9. The molecule has 1 aliphatic rings. The average molecular weight is 357 g/mol. The highest BCUT2D eigenvalue weighted by molar-refractivity contribution is 7.22. The molecule has 2 heterocycles. The topological polar surface area (TPSA) is 19.4 Å². The molecule has 0 N–H and O–H groups in total. The predicted octanol–water partition coefficient (Wildman–Crippen LogP) is 4.38. The fourth-order valence-electron chi connectivity index (χ4n) is 3.10. The maximum absolute atomic E-state index is 6.31. The summed E-state index contributed by atoms with van der Waals surface area (Å²) >= 11 is 8.09. The standard InChI is InChI=1S/C19H19ClN3S/c1-14-6-7-16(20)15(12-14)13-22-8-10-23(11-9-22)19-21-17-4-2-3-5-18(17)24-19/h2-5,7,12H,8-11,13H2,1H3. The molecule has 3 aromatic rings. The molecule has 0 atom stereocenters. The zero-order valence-corrected chi connectivity index (χ0v) is 15.2. The lowest BCUT2D eigenvalue weighted by molar-refractivity contribution is 0.250. The van der Waals surface area contributed by atoms with Gasteiger partial charge in [0.15, 0.2) is 5.13 Å². The predicted molar refractivity (Wildman–Crippen MR) is 102 cm³/mol. The van der Waals surface area contributed by atoms with E-state index in [1.165, 1.54) is 10.3 Å². The molecular formula is C19H19ClN3S. The Bertz CT molecular complexity index is 820. The van der Waals surface area contributed by atoms with Crippen molar-refractivity contribution in [1.82, 2.24) is 9.88 Å². The average Bonchev–Trinajstić information content (AvgIpc) is 3.03. The van der Waals surface area contributed by atoms with Crippen LogP contribution < -0.4 is 4.90 Å². The molecule has 1 saturated heterocycles. The molecule has 0 amide bonds. The second-order valence-corrected chi connectivity index (χ2v) is 7.63. The van der Waals surface area contributed by atoms with Gasteiger partial charge in [-0.2, -0.15) is 0 Å². The SMILES string of the molecule is Cc1[c]cc(Cl)c(CN2CCN(c3nc4ccccc4s3)CC2)c1. The monoisotopic (exact) mass is 356 g/mol. The Morgan fingerprint density at radius 3 is 2.79 bits per heavy atom. The summed E-state index contributed by atoms with van der Waals surface area (Å²) in [5, 5.41) is 1.95. The van der Waals surface area contributed by atoms with Gasteiger partial charge in [-0.05, 0) is 42.3 Å². The van der Waals surface area contributed by atoms with Crippen molar-refractivity contribution in [3.8, 4) is 0 Å². The highest BCUT2D eigenvalue weighted by Crippen LogP contribution is 2.29. The van der Waals surface area contributed by atoms with Crippen molar-refractivity contribution in [2.24, 2.45) is 0 Å². The molecule has 0 bridgehead atoms. The first-order valence-electron chi connectivity index (χ1n) is 8.18. The Morgan fingerprint density at radius 1 is 1.21 bits per heavy atom. The minimum Gasteiger partial charge on any atom is -0.345 e. The Balaban J connectivity index is 1.42. The van der Waals surface area contributed by atoms with Crippen molar-refractivity contribution in [1.29, 1.82) is 0 Å². The number of rotatable bonds is 3. The number of thiazole rings is 1. The van der Waals surface area contributed by atoms with E-state index in [-0.39, 0.29) is 0 Å². The van der Waals surface area contributed by atoms with Crippen LogP contribution in [0.5, 0.6) is 0 Å². The van der Waals surface area contributed by atoms with Crippen molar-refractivity contribution in [2.75, 3.05) is 31.1 Å². The molecule has 24 heavy (non-hydrogen) atoms. The lowest BCUT2D eigenvalue weighted by Gasteiger charge is -2.34. The first-order valence-corrected chi connectivity index (χ1v) is 9.38. The maximum Gasteiger partial charge on any atom is 0.186 e. The molecule has 0 spiro atoms. The third-order valence-electron chi connectivity index (χ3n) is 4.44. The number of benzene rings is 2. The summed E-state index contributed by atoms with van der Waals surface area (Å²) < 4.78 is 1.26. The van der Waals surface area contributed by atoms with Crippen LogP contribution in [0.2, 0.25) is 5.02 Å². The number of hydrogen-bond donors (Lipinski definition) is 0. The summed E-state index contributed by atoms with van der Waals surface area (Å²) in [6.07, 6.45) is 0. The van der Waals surface area contributed by atoms with Gasteiger partial charge in [-0.3, -0.25) is 4.90 Å². The molecule has 3 nitrogen and oxygen atoms in total. The van der Waals surface area contributed by atoms with Crippen LogP contribution in [0.15, 0.2) is 36.4 Å². The summed E-state index contributed by atoms with van der Waals surface area (Å²) in [4.78, 5) is 9.63. The van der Waals surface area contributed by atoms with Crippen molar-refractivity contribution in [3.05, 3.63) is 58.6 Å². The third-order valence-corrected chi connectivity index (χ3v) is 5.89. The number of hydrogen-bond acceptors (Lipinski definition) is 4. The highest BCUT2D eigenvalue weighted by Gasteiger charge is 2.20. The van der Waals surface area contributed by atoms with Crippen molar-refractivity contribution < 1.29 is 0 Å². The zero-order chi connectivity index (χ0) is 16.5. The lowest BCUT2D eigenvalue weighted by atomic mass is 10.1. The molecule has 0 saturated carbocycles. The Labute approximate surface area is 151 Å². The zero-order valence-electron chi connectivity index (χ0n) is 13.6. The van der Waals surface area contributed by atoms with E-state index >= 15 is 0 Å². The number of fused-ring (bicyclic) bond motifs is 1. The molecule has 123 valence electrons. The molecule has 1 aromatic heterocycles. The van der Waals surface area contributed by atoms with Gasteiger partial charge in [0.25, 0.3) is 0 Å². The number of piperazine rings is 1. The van der Waals surface area contributed by atoms with Gasteiger partial charge in [-0.15, -0.1) is 0 Å². The van der Waals surface area contributed by atoms with Gasteiger partial charge in [-0.25, -0.2) is 4.98 Å². The largest absolute Gasteiger partial charge is 0.345 e. The normalized spacial score (nSPS) is 16.0. The fraction of sp³-hybridized carbons (Fsp3) is 0.316. The molecule has 0 unspecified atom stereocenters. The van der Waals surface area contributed by atoms with Crippen molar-refractivity contribution >= 4 is 38.3 Å². The second kappa shape index (κ2) is 6.71. The molecule has 2 aromatic carbocycles. The van der Waals surface area contributed by atoms with Crippen LogP contribution >= 0.6 is 22.9 Å². The molecule has 1 radical (unpaired) electrons. The van der Waals surface area contributed by atoms with Crippen molar-refractivity contribution in [2.45, 2.75) is 13.5 Å². The molecule has 0 aliphatic carbocycles. The smallest absolute Gasteiger partial charge is 0.186 e. The van der Waals surface area contributed by atoms with E-state index in [0.29, 0.717) is 0 Å². The van der Waals surface area contributed by atoms with Crippen LogP contribution in [-0.2, 0) is 6.54 Å². The Morgan fingerprint density at radius 2 is 2.00 bits per heavy atom. The third kappa shape index (κ3) is 3.27. The number of anilines is 1. The summed E-state index contributed by atoms with van der Waals surface area (Å²) in [6, 6.07) is 15.5. The number of aryl methyl sites for hydroxylation is 1. The lowest BCUT2D eigenvalue weighted by Crippen LogP contribution is -2.46. The van der Waals surface area contributed by atoms with Gasteiger partial charge < -0.3 is 4.90 Å². The summed E-state index contributed by atoms with van der Waals surface area (Å²) in [7, 11) is 0. The van der Waals surface area contributed by atoms with Crippen LogP contribution in [0.1, 0.15) is 11.1 Å². The van der Waals surface area contributed by atoms with Crippen LogP contribution in [-0.4, -0.2) is 36.1 Å². The second-order valence-electron chi connectivity index (χ2n) is 6.22. The van der Waals surface area contributed by atoms with Crippen LogP contribution in [0.25, 0.3) is 10.2 Å². The Kier molecular flexibility index (Phi) is 4.44. The Hall–Kier alpha value is -1.62. The van der Waals surface area contributed by atoms with Crippen molar-refractivity contribution in [3.63, 3.8) is 0 Å².